The van der Waals surface area contributed by atoms with Gasteiger partial charge < -0.3 is 26.0 Å². The maximum absolute atomic E-state index is 13.4. The van der Waals surface area contributed by atoms with Crippen molar-refractivity contribution in [3.8, 4) is 56.3 Å². The van der Waals surface area contributed by atoms with E-state index in [4.69, 9.17) is 30.5 Å². The van der Waals surface area contributed by atoms with E-state index < -0.39 is 18.4 Å². The quantitative estimate of drug-likeness (QED) is 0.0823. The predicted molar refractivity (Wildman–Crippen MR) is 334 cm³/mol. The number of unbranched alkanes of at least 4 members (excludes halogenated alkanes) is 3. The van der Waals surface area contributed by atoms with Crippen molar-refractivity contribution >= 4 is 88.0 Å². The second-order valence-electron chi connectivity index (χ2n) is 20.0. The van der Waals surface area contributed by atoms with Gasteiger partial charge in [0.15, 0.2) is 0 Å². The van der Waals surface area contributed by atoms with E-state index >= 15 is 0 Å². The topological polar surface area (TPSA) is 195 Å². The number of benzene rings is 6. The first-order chi connectivity index (χ1) is 40.4. The summed E-state index contributed by atoms with van der Waals surface area (Å²) in [6, 6.07) is 36.7. The van der Waals surface area contributed by atoms with Gasteiger partial charge in [-0.15, -0.1) is 0 Å². The number of pyridine rings is 3. The number of oxazole rings is 3. The van der Waals surface area contributed by atoms with Gasteiger partial charge in [0, 0.05) is 44.6 Å². The molecule has 6 aromatic carbocycles. The van der Waals surface area contributed by atoms with E-state index in [-0.39, 0.29) is 17.5 Å². The summed E-state index contributed by atoms with van der Waals surface area (Å²) in [5, 5.41) is 5.19. The molecule has 0 fully saturated rings. The maximum atomic E-state index is 13.4. The molecule has 0 spiro atoms. The van der Waals surface area contributed by atoms with Gasteiger partial charge in [-0.25, -0.2) is 38.1 Å². The van der Waals surface area contributed by atoms with Gasteiger partial charge in [0.25, 0.3) is 0 Å². The summed E-state index contributed by atoms with van der Waals surface area (Å²) in [6.07, 6.45) is 22.8. The van der Waals surface area contributed by atoms with Gasteiger partial charge in [-0.1, -0.05) is 72.8 Å². The molecule has 0 saturated heterocycles. The fourth-order valence-corrected chi connectivity index (χ4v) is 25.2. The number of rotatable bonds is 15. The average molecular weight is 1290 g/mol. The van der Waals surface area contributed by atoms with Gasteiger partial charge >= 0.3 is 117 Å². The molecule has 0 aliphatic heterocycles. The van der Waals surface area contributed by atoms with E-state index in [1.54, 1.807) is 55.4 Å². The van der Waals surface area contributed by atoms with Crippen LogP contribution < -0.4 is 21.1 Å². The number of fused-ring (bicyclic) bond motifs is 3. The molecule has 12 aromatic rings. The van der Waals surface area contributed by atoms with Crippen molar-refractivity contribution in [1.82, 2.24) is 29.9 Å². The van der Waals surface area contributed by atoms with E-state index in [0.29, 0.717) is 29.2 Å². The van der Waals surface area contributed by atoms with Gasteiger partial charge in [-0.2, -0.15) is 0 Å². The zero-order valence-corrected chi connectivity index (χ0v) is 50.8. The van der Waals surface area contributed by atoms with E-state index in [2.05, 4.69) is 66.6 Å². The molecule has 0 aliphatic rings. The second kappa shape index (κ2) is 28.1. The molecule has 0 unspecified atom stereocenters. The van der Waals surface area contributed by atoms with E-state index in [9.17, 15) is 13.2 Å². The smallest absolute Gasteiger partial charge is 0.228 e. The zero-order chi connectivity index (χ0) is 58.3. The molecule has 83 heavy (non-hydrogen) atoms. The normalized spacial score (nSPS) is 11.2. The Labute approximate surface area is 492 Å². The number of nitrogen functional groups attached to an aromatic ring is 3. The second-order valence-corrected chi connectivity index (χ2v) is 33.7. The minimum Gasteiger partial charge on any atom is -0.444 e. The largest absolute Gasteiger partial charge is 0.444 e. The molecule has 422 valence electrons. The van der Waals surface area contributed by atoms with Gasteiger partial charge in [0.05, 0.1) is 23.5 Å². The van der Waals surface area contributed by atoms with E-state index in [0.717, 1.165) is 81.3 Å². The number of nitrogens with zero attached hydrogens (tertiary/aromatic N) is 6. The standard InChI is InChI=1S/2C18H12FN3O.C15H10BrFN2.3C4H9.C3H2NO.Sn/c2*19-13-3-1-2-11(8-13)12-4-5-14-15(9-12)17(20)22-10-16(14)18-21-6-7-23-18;16-14-8-19-15(18)13-7-10(4-5-12(13)14)9-2-1-3-11(17)6-9;3*1-3-4-2;1-2-5-3-4-1;/h2*1-10H,(H2,20,22);1-8H,(H2,18,19);3*1,3-4H2,2H3;1-2H;. The monoisotopic (exact) mass is 1290 g/mol. The summed E-state index contributed by atoms with van der Waals surface area (Å²) in [5.41, 5.74) is 24.5. The van der Waals surface area contributed by atoms with Crippen molar-refractivity contribution in [1.29, 1.82) is 0 Å². The summed E-state index contributed by atoms with van der Waals surface area (Å²) < 4.78 is 63.0. The molecule has 12 nitrogen and oxygen atoms in total. The Morgan fingerprint density at radius 3 is 1.13 bits per heavy atom. The summed E-state index contributed by atoms with van der Waals surface area (Å²) in [6.45, 7) is 6.89. The molecule has 0 aliphatic carbocycles. The Hall–Kier alpha value is -8.35. The van der Waals surface area contributed by atoms with Gasteiger partial charge in [-0.05, 0) is 115 Å². The molecule has 12 rings (SSSR count). The van der Waals surface area contributed by atoms with Crippen LogP contribution in [-0.2, 0) is 0 Å². The maximum Gasteiger partial charge on any atom is 0.228 e. The van der Waals surface area contributed by atoms with Crippen LogP contribution in [0, 0.1) is 17.5 Å². The number of aromatic nitrogens is 6. The Bertz CT molecular complexity index is 3890. The molecule has 0 bridgehead atoms. The molecule has 0 atom stereocenters. The number of hydrogen-bond acceptors (Lipinski definition) is 12. The Kier molecular flexibility index (Phi) is 20.1. The van der Waals surface area contributed by atoms with Crippen LogP contribution >= 0.6 is 15.9 Å². The Balaban J connectivity index is 0.000000134. The first kappa shape index (κ1) is 59.3. The molecular weight excluding hydrogens is 1220 g/mol. The number of halogens is 4. The Morgan fingerprint density at radius 2 is 0.771 bits per heavy atom. The van der Waals surface area contributed by atoms with Gasteiger partial charge in [0.2, 0.25) is 11.8 Å². The molecular formula is C66H63BrF3N9O3Sn. The third kappa shape index (κ3) is 14.5. The van der Waals surface area contributed by atoms with Crippen LogP contribution in [0.2, 0.25) is 13.3 Å². The van der Waals surface area contributed by atoms with Crippen molar-refractivity contribution in [2.24, 2.45) is 0 Å². The molecule has 6 aromatic heterocycles. The number of anilines is 3. The van der Waals surface area contributed by atoms with Crippen molar-refractivity contribution in [2.75, 3.05) is 17.2 Å². The Morgan fingerprint density at radius 1 is 0.410 bits per heavy atom. The molecule has 6 N–H and O–H groups in total. The van der Waals surface area contributed by atoms with Crippen LogP contribution in [0.1, 0.15) is 59.3 Å². The van der Waals surface area contributed by atoms with Gasteiger partial charge in [-0.3, -0.25) is 0 Å². The molecule has 0 amide bonds. The SMILES string of the molecule is CCC[CH2][Sn]([CH2]CCC)([CH2]CCC)[c]1ncco1.Nc1ncc(-c2ncco2)c2ccc(-c3cccc(F)c3)cc12.Nc1ncc(-c2ncco2)c2ccc(-c3cccc(F)c3)cc12.Nc1ncc(Br)c2ccc(-c3cccc(F)c3)cc12. The minimum absolute atomic E-state index is 0.252. The molecule has 0 saturated carbocycles. The fraction of sp³-hybridized carbons (Fsp3) is 0.182. The summed E-state index contributed by atoms with van der Waals surface area (Å²) in [7, 11) is 0. The summed E-state index contributed by atoms with van der Waals surface area (Å²) >= 11 is 1.14. The van der Waals surface area contributed by atoms with Crippen LogP contribution in [0.5, 0.6) is 0 Å². The third-order valence-corrected chi connectivity index (χ3v) is 29.6. The van der Waals surface area contributed by atoms with Crippen LogP contribution in [0.25, 0.3) is 88.6 Å². The predicted octanol–water partition coefficient (Wildman–Crippen LogP) is 17.7. The third-order valence-electron chi connectivity index (χ3n) is 14.4. The zero-order valence-electron chi connectivity index (χ0n) is 46.3. The first-order valence-corrected chi connectivity index (χ1v) is 35.8. The van der Waals surface area contributed by atoms with Crippen LogP contribution in [0.3, 0.4) is 0 Å². The van der Waals surface area contributed by atoms with Gasteiger partial charge in [0.1, 0.15) is 47.4 Å². The number of nitrogens with two attached hydrogens (primary N) is 3. The molecule has 0 radical (unpaired) electrons. The van der Waals surface area contributed by atoms with E-state index in [1.807, 2.05) is 79.0 Å². The molecule has 17 heteroatoms. The minimum atomic E-state index is -2.31. The summed E-state index contributed by atoms with van der Waals surface area (Å²) in [4.78, 5) is 25.5. The average Bonchev–Trinajstić information content (AvgIpc) is 3.86. The van der Waals surface area contributed by atoms with Crippen molar-refractivity contribution in [2.45, 2.75) is 72.6 Å². The van der Waals surface area contributed by atoms with Crippen LogP contribution in [0.4, 0.5) is 30.6 Å². The van der Waals surface area contributed by atoms with Crippen LogP contribution in [0.15, 0.2) is 201 Å². The van der Waals surface area contributed by atoms with E-state index in [1.165, 1.54) is 105 Å². The summed E-state index contributed by atoms with van der Waals surface area (Å²) in [5.74, 6) is 1.46. The first-order valence-electron chi connectivity index (χ1n) is 27.6. The molecule has 6 heterocycles. The van der Waals surface area contributed by atoms with Crippen molar-refractivity contribution in [3.63, 3.8) is 0 Å². The fourth-order valence-electron chi connectivity index (χ4n) is 10.1. The van der Waals surface area contributed by atoms with Crippen molar-refractivity contribution in [3.05, 3.63) is 205 Å². The van der Waals surface area contributed by atoms with Crippen molar-refractivity contribution < 1.29 is 26.4 Å². The number of hydrogen-bond donors (Lipinski definition) is 3. The van der Waals surface area contributed by atoms with Crippen LogP contribution in [-0.4, -0.2) is 48.3 Å².